The molecule has 0 spiro atoms. The minimum atomic E-state index is 0.830. The van der Waals surface area contributed by atoms with E-state index >= 15 is 0 Å². The van der Waals surface area contributed by atoms with Crippen LogP contribution in [0.1, 0.15) is 70.6 Å². The maximum absolute atomic E-state index is 5.80. The first-order valence-electron chi connectivity index (χ1n) is 7.62. The van der Waals surface area contributed by atoms with Crippen LogP contribution in [0.4, 0.5) is 0 Å². The summed E-state index contributed by atoms with van der Waals surface area (Å²) >= 11 is 0. The molecule has 1 rings (SSSR count). The van der Waals surface area contributed by atoms with Gasteiger partial charge in [0.2, 0.25) is 0 Å². The van der Waals surface area contributed by atoms with Crippen LogP contribution >= 0.6 is 0 Å². The van der Waals surface area contributed by atoms with Gasteiger partial charge in [-0.1, -0.05) is 51.0 Å². The molecule has 17 heavy (non-hydrogen) atoms. The molecule has 1 aliphatic carbocycles. The van der Waals surface area contributed by atoms with Crippen LogP contribution in [0.2, 0.25) is 0 Å². The Bertz CT molecular complexity index is 166. The summed E-state index contributed by atoms with van der Waals surface area (Å²) in [6.45, 7) is 5.65. The molecule has 0 radical (unpaired) electrons. The summed E-state index contributed by atoms with van der Waals surface area (Å²) in [5, 5.41) is 0. The van der Waals surface area contributed by atoms with Crippen LogP contribution in [-0.4, -0.2) is 13.2 Å². The number of ether oxygens (including phenoxy) is 1. The molecule has 1 heteroatoms. The van der Waals surface area contributed by atoms with Crippen LogP contribution < -0.4 is 0 Å². The van der Waals surface area contributed by atoms with Gasteiger partial charge in [-0.05, 0) is 31.6 Å². The maximum atomic E-state index is 5.80. The van der Waals surface area contributed by atoms with Gasteiger partial charge in [-0.25, -0.2) is 0 Å². The van der Waals surface area contributed by atoms with Crippen molar-refractivity contribution in [2.45, 2.75) is 70.6 Å². The SMILES string of the molecule is C=CCCCOCC1CCCCCCCCC1. The van der Waals surface area contributed by atoms with Gasteiger partial charge < -0.3 is 4.74 Å². The van der Waals surface area contributed by atoms with Crippen molar-refractivity contribution in [3.05, 3.63) is 12.7 Å². The Labute approximate surface area is 108 Å². The molecule has 100 valence electrons. The maximum Gasteiger partial charge on any atom is 0.0494 e. The third-order valence-electron chi connectivity index (χ3n) is 3.78. The van der Waals surface area contributed by atoms with Crippen molar-refractivity contribution in [1.82, 2.24) is 0 Å². The molecule has 0 heterocycles. The van der Waals surface area contributed by atoms with E-state index in [4.69, 9.17) is 4.74 Å². The van der Waals surface area contributed by atoms with E-state index in [0.717, 1.165) is 32.0 Å². The Balaban J connectivity index is 2.07. The summed E-state index contributed by atoms with van der Waals surface area (Å²) in [7, 11) is 0. The highest BCUT2D eigenvalue weighted by atomic mass is 16.5. The van der Waals surface area contributed by atoms with Gasteiger partial charge in [-0.3, -0.25) is 0 Å². The number of hydrogen-bond donors (Lipinski definition) is 0. The second kappa shape index (κ2) is 10.8. The van der Waals surface area contributed by atoms with Gasteiger partial charge in [-0.15, -0.1) is 6.58 Å². The third-order valence-corrected chi connectivity index (χ3v) is 3.78. The zero-order chi connectivity index (χ0) is 12.2. The predicted molar refractivity (Wildman–Crippen MR) is 75.3 cm³/mol. The normalized spacial score (nSPS) is 20.0. The van der Waals surface area contributed by atoms with E-state index in [1.165, 1.54) is 57.8 Å². The van der Waals surface area contributed by atoms with Crippen LogP contribution in [0.15, 0.2) is 12.7 Å². The fraction of sp³-hybridized carbons (Fsp3) is 0.875. The number of unbranched alkanes of at least 4 members (excludes halogenated alkanes) is 1. The van der Waals surface area contributed by atoms with Crippen molar-refractivity contribution in [2.75, 3.05) is 13.2 Å². The Morgan fingerprint density at radius 2 is 1.53 bits per heavy atom. The predicted octanol–water partition coefficient (Wildman–Crippen LogP) is 5.11. The van der Waals surface area contributed by atoms with Gasteiger partial charge in [0.05, 0.1) is 0 Å². The van der Waals surface area contributed by atoms with E-state index in [0.29, 0.717) is 0 Å². The summed E-state index contributed by atoms with van der Waals surface area (Å²) in [6.07, 6.45) is 17.1. The summed E-state index contributed by atoms with van der Waals surface area (Å²) in [6, 6.07) is 0. The molecule has 1 saturated carbocycles. The van der Waals surface area contributed by atoms with E-state index in [2.05, 4.69) is 6.58 Å². The summed E-state index contributed by atoms with van der Waals surface area (Å²) in [4.78, 5) is 0. The van der Waals surface area contributed by atoms with Gasteiger partial charge in [0, 0.05) is 13.2 Å². The van der Waals surface area contributed by atoms with Crippen molar-refractivity contribution in [3.8, 4) is 0 Å². The molecule has 0 saturated heterocycles. The van der Waals surface area contributed by atoms with Gasteiger partial charge in [0.1, 0.15) is 0 Å². The molecule has 0 amide bonds. The average Bonchev–Trinajstić information content (AvgIpc) is 2.36. The molecule has 0 aromatic carbocycles. The smallest absolute Gasteiger partial charge is 0.0494 e. The average molecular weight is 238 g/mol. The molecular weight excluding hydrogens is 208 g/mol. The van der Waals surface area contributed by atoms with Crippen molar-refractivity contribution in [2.24, 2.45) is 5.92 Å². The molecule has 0 aromatic rings. The zero-order valence-corrected chi connectivity index (χ0v) is 11.5. The van der Waals surface area contributed by atoms with Crippen molar-refractivity contribution in [3.63, 3.8) is 0 Å². The van der Waals surface area contributed by atoms with Gasteiger partial charge in [-0.2, -0.15) is 0 Å². The third kappa shape index (κ3) is 8.43. The molecule has 0 aromatic heterocycles. The summed E-state index contributed by atoms with van der Waals surface area (Å²) < 4.78 is 5.80. The highest BCUT2D eigenvalue weighted by Gasteiger charge is 2.10. The van der Waals surface area contributed by atoms with E-state index in [-0.39, 0.29) is 0 Å². The van der Waals surface area contributed by atoms with Crippen LogP contribution in [0, 0.1) is 5.92 Å². The van der Waals surface area contributed by atoms with E-state index in [9.17, 15) is 0 Å². The second-order valence-corrected chi connectivity index (χ2v) is 5.42. The highest BCUT2D eigenvalue weighted by Crippen LogP contribution is 2.21. The van der Waals surface area contributed by atoms with E-state index in [1.54, 1.807) is 0 Å². The van der Waals surface area contributed by atoms with Crippen molar-refractivity contribution in [1.29, 1.82) is 0 Å². The van der Waals surface area contributed by atoms with Gasteiger partial charge in [0.25, 0.3) is 0 Å². The number of rotatable bonds is 6. The lowest BCUT2D eigenvalue weighted by molar-refractivity contribution is 0.0892. The number of hydrogen-bond acceptors (Lipinski definition) is 1. The lowest BCUT2D eigenvalue weighted by Gasteiger charge is -2.18. The largest absolute Gasteiger partial charge is 0.381 e. The van der Waals surface area contributed by atoms with Crippen LogP contribution in [0.3, 0.4) is 0 Å². The Morgan fingerprint density at radius 3 is 2.12 bits per heavy atom. The number of allylic oxidation sites excluding steroid dienone is 1. The van der Waals surface area contributed by atoms with Crippen molar-refractivity contribution >= 4 is 0 Å². The van der Waals surface area contributed by atoms with Crippen LogP contribution in [-0.2, 0) is 4.74 Å². The fourth-order valence-electron chi connectivity index (χ4n) is 2.64. The topological polar surface area (TPSA) is 9.23 Å². The first-order valence-corrected chi connectivity index (χ1v) is 7.62. The van der Waals surface area contributed by atoms with Gasteiger partial charge >= 0.3 is 0 Å². The van der Waals surface area contributed by atoms with Crippen LogP contribution in [0.25, 0.3) is 0 Å². The summed E-state index contributed by atoms with van der Waals surface area (Å²) in [5.74, 6) is 0.830. The highest BCUT2D eigenvalue weighted by molar-refractivity contribution is 4.66. The Morgan fingerprint density at radius 1 is 0.941 bits per heavy atom. The summed E-state index contributed by atoms with van der Waals surface area (Å²) in [5.41, 5.74) is 0. The molecular formula is C16H30O. The van der Waals surface area contributed by atoms with Crippen molar-refractivity contribution < 1.29 is 4.74 Å². The molecule has 0 atom stereocenters. The molecule has 0 bridgehead atoms. The Hall–Kier alpha value is -0.300. The molecule has 0 aliphatic heterocycles. The first kappa shape index (κ1) is 14.8. The molecule has 0 N–H and O–H groups in total. The van der Waals surface area contributed by atoms with E-state index in [1.807, 2.05) is 6.08 Å². The minimum Gasteiger partial charge on any atom is -0.381 e. The van der Waals surface area contributed by atoms with Gasteiger partial charge in [0.15, 0.2) is 0 Å². The quantitative estimate of drug-likeness (QED) is 0.461. The molecule has 1 nitrogen and oxygen atoms in total. The van der Waals surface area contributed by atoms with Crippen LogP contribution in [0.5, 0.6) is 0 Å². The fourth-order valence-corrected chi connectivity index (χ4v) is 2.64. The lowest BCUT2D eigenvalue weighted by atomic mass is 9.93. The Kier molecular flexibility index (Phi) is 9.40. The molecule has 0 unspecified atom stereocenters. The lowest BCUT2D eigenvalue weighted by Crippen LogP contribution is -2.11. The standard InChI is InChI=1S/C16H30O/c1-2-3-11-14-17-15-16-12-9-7-5-4-6-8-10-13-16/h2,16H,1,3-15H2. The second-order valence-electron chi connectivity index (χ2n) is 5.42. The molecule has 1 fully saturated rings. The van der Waals surface area contributed by atoms with E-state index < -0.39 is 0 Å². The zero-order valence-electron chi connectivity index (χ0n) is 11.5. The molecule has 1 aliphatic rings. The first-order chi connectivity index (χ1) is 8.43. The monoisotopic (exact) mass is 238 g/mol. The minimum absolute atomic E-state index is 0.830.